The van der Waals surface area contributed by atoms with E-state index in [0.717, 1.165) is 17.9 Å². The van der Waals surface area contributed by atoms with Gasteiger partial charge in [0.15, 0.2) is 0 Å². The van der Waals surface area contributed by atoms with E-state index in [4.69, 9.17) is 5.73 Å². The molecule has 0 saturated heterocycles. The molecular weight excluding hydrogens is 198 g/mol. The summed E-state index contributed by atoms with van der Waals surface area (Å²) >= 11 is 0. The van der Waals surface area contributed by atoms with Crippen molar-refractivity contribution in [2.24, 2.45) is 5.73 Å². The number of nitrogens with zero attached hydrogens (tertiary/aromatic N) is 2. The molecule has 0 radical (unpaired) electrons. The second-order valence-corrected chi connectivity index (χ2v) is 3.83. The zero-order chi connectivity index (χ0) is 11.4. The van der Waals surface area contributed by atoms with Crippen LogP contribution in [0.15, 0.2) is 36.5 Å². The average Bonchev–Trinajstić information content (AvgIpc) is 2.29. The SMILES string of the molecule is Cc1cccc(Cc2nccc(CN)n2)c1. The number of nitrogens with two attached hydrogens (primary N) is 1. The summed E-state index contributed by atoms with van der Waals surface area (Å²) in [6.45, 7) is 2.55. The number of aryl methyl sites for hydroxylation is 1. The second kappa shape index (κ2) is 4.86. The Balaban J connectivity index is 2.20. The van der Waals surface area contributed by atoms with E-state index < -0.39 is 0 Å². The van der Waals surface area contributed by atoms with Gasteiger partial charge in [-0.3, -0.25) is 0 Å². The van der Waals surface area contributed by atoms with Crippen LogP contribution in [0, 0.1) is 6.92 Å². The quantitative estimate of drug-likeness (QED) is 0.846. The van der Waals surface area contributed by atoms with E-state index in [9.17, 15) is 0 Å². The monoisotopic (exact) mass is 213 g/mol. The van der Waals surface area contributed by atoms with Crippen LogP contribution in [0.2, 0.25) is 0 Å². The van der Waals surface area contributed by atoms with Crippen LogP contribution in [-0.2, 0) is 13.0 Å². The Labute approximate surface area is 95.4 Å². The van der Waals surface area contributed by atoms with Crippen molar-refractivity contribution in [3.05, 3.63) is 59.2 Å². The largest absolute Gasteiger partial charge is 0.325 e. The van der Waals surface area contributed by atoms with Crippen molar-refractivity contribution in [3.63, 3.8) is 0 Å². The number of hydrogen-bond acceptors (Lipinski definition) is 3. The van der Waals surface area contributed by atoms with Crippen molar-refractivity contribution in [3.8, 4) is 0 Å². The molecular formula is C13H15N3. The van der Waals surface area contributed by atoms with Crippen molar-refractivity contribution in [2.75, 3.05) is 0 Å². The fourth-order valence-corrected chi connectivity index (χ4v) is 1.64. The van der Waals surface area contributed by atoms with Crippen LogP contribution < -0.4 is 5.73 Å². The minimum atomic E-state index is 0.462. The Kier molecular flexibility index (Phi) is 3.27. The van der Waals surface area contributed by atoms with Crippen LogP contribution in [0.4, 0.5) is 0 Å². The van der Waals surface area contributed by atoms with Crippen LogP contribution in [0.1, 0.15) is 22.6 Å². The van der Waals surface area contributed by atoms with Gasteiger partial charge in [0, 0.05) is 19.2 Å². The summed E-state index contributed by atoms with van der Waals surface area (Å²) < 4.78 is 0. The molecule has 0 aliphatic heterocycles. The van der Waals surface area contributed by atoms with Gasteiger partial charge in [-0.25, -0.2) is 9.97 Å². The lowest BCUT2D eigenvalue weighted by Crippen LogP contribution is -2.04. The predicted molar refractivity (Wildman–Crippen MR) is 63.9 cm³/mol. The Hall–Kier alpha value is -1.74. The molecule has 2 aromatic rings. The topological polar surface area (TPSA) is 51.8 Å². The lowest BCUT2D eigenvalue weighted by Gasteiger charge is -2.03. The minimum absolute atomic E-state index is 0.462. The van der Waals surface area contributed by atoms with E-state index in [0.29, 0.717) is 6.54 Å². The lowest BCUT2D eigenvalue weighted by molar-refractivity contribution is 0.890. The molecule has 3 nitrogen and oxygen atoms in total. The minimum Gasteiger partial charge on any atom is -0.325 e. The molecule has 0 fully saturated rings. The van der Waals surface area contributed by atoms with Gasteiger partial charge in [-0.2, -0.15) is 0 Å². The molecule has 1 aromatic carbocycles. The molecule has 0 atom stereocenters. The average molecular weight is 213 g/mol. The maximum Gasteiger partial charge on any atom is 0.132 e. The van der Waals surface area contributed by atoms with Gasteiger partial charge in [-0.1, -0.05) is 29.8 Å². The number of hydrogen-bond donors (Lipinski definition) is 1. The van der Waals surface area contributed by atoms with E-state index in [-0.39, 0.29) is 0 Å². The molecule has 82 valence electrons. The van der Waals surface area contributed by atoms with E-state index in [1.54, 1.807) is 6.20 Å². The third-order valence-electron chi connectivity index (χ3n) is 2.42. The molecule has 3 heteroatoms. The van der Waals surface area contributed by atoms with Crippen molar-refractivity contribution in [1.29, 1.82) is 0 Å². The lowest BCUT2D eigenvalue weighted by atomic mass is 10.1. The predicted octanol–water partition coefficient (Wildman–Crippen LogP) is 1.83. The maximum atomic E-state index is 5.55. The molecule has 0 aliphatic carbocycles. The highest BCUT2D eigenvalue weighted by molar-refractivity contribution is 5.24. The molecule has 1 aromatic heterocycles. The summed E-state index contributed by atoms with van der Waals surface area (Å²) in [5.74, 6) is 0.827. The molecule has 0 unspecified atom stereocenters. The third kappa shape index (κ3) is 2.64. The van der Waals surface area contributed by atoms with E-state index in [2.05, 4.69) is 41.2 Å². The van der Waals surface area contributed by atoms with Crippen molar-refractivity contribution < 1.29 is 0 Å². The van der Waals surface area contributed by atoms with Gasteiger partial charge in [0.2, 0.25) is 0 Å². The zero-order valence-corrected chi connectivity index (χ0v) is 9.35. The van der Waals surface area contributed by atoms with Crippen LogP contribution >= 0.6 is 0 Å². The fourth-order valence-electron chi connectivity index (χ4n) is 1.64. The molecule has 0 saturated carbocycles. The van der Waals surface area contributed by atoms with Crippen molar-refractivity contribution in [1.82, 2.24) is 9.97 Å². The molecule has 2 rings (SSSR count). The first-order chi connectivity index (χ1) is 7.78. The zero-order valence-electron chi connectivity index (χ0n) is 9.35. The number of rotatable bonds is 3. The van der Waals surface area contributed by atoms with Gasteiger partial charge >= 0.3 is 0 Å². The van der Waals surface area contributed by atoms with Gasteiger partial charge in [0.05, 0.1) is 5.69 Å². The van der Waals surface area contributed by atoms with E-state index in [1.807, 2.05) is 6.07 Å². The maximum absolute atomic E-state index is 5.55. The molecule has 16 heavy (non-hydrogen) atoms. The molecule has 0 amide bonds. The summed E-state index contributed by atoms with van der Waals surface area (Å²) in [7, 11) is 0. The van der Waals surface area contributed by atoms with Gasteiger partial charge in [0.25, 0.3) is 0 Å². The molecule has 0 aliphatic rings. The van der Waals surface area contributed by atoms with E-state index in [1.165, 1.54) is 11.1 Å². The fraction of sp³-hybridized carbons (Fsp3) is 0.231. The van der Waals surface area contributed by atoms with Crippen LogP contribution in [0.25, 0.3) is 0 Å². The summed E-state index contributed by atoms with van der Waals surface area (Å²) in [5, 5.41) is 0. The van der Waals surface area contributed by atoms with Crippen molar-refractivity contribution in [2.45, 2.75) is 19.9 Å². The third-order valence-corrected chi connectivity index (χ3v) is 2.42. The van der Waals surface area contributed by atoms with Crippen molar-refractivity contribution >= 4 is 0 Å². The normalized spacial score (nSPS) is 10.4. The highest BCUT2D eigenvalue weighted by Gasteiger charge is 2.00. The Bertz CT molecular complexity index is 480. The van der Waals surface area contributed by atoms with Crippen LogP contribution in [0.3, 0.4) is 0 Å². The Morgan fingerprint density at radius 2 is 2.12 bits per heavy atom. The van der Waals surface area contributed by atoms with Gasteiger partial charge < -0.3 is 5.73 Å². The van der Waals surface area contributed by atoms with Gasteiger partial charge in [0.1, 0.15) is 5.82 Å². The van der Waals surface area contributed by atoms with Gasteiger partial charge in [-0.15, -0.1) is 0 Å². The first-order valence-electron chi connectivity index (χ1n) is 5.34. The van der Waals surface area contributed by atoms with Crippen LogP contribution in [-0.4, -0.2) is 9.97 Å². The highest BCUT2D eigenvalue weighted by Crippen LogP contribution is 2.08. The number of aromatic nitrogens is 2. The Morgan fingerprint density at radius 3 is 2.88 bits per heavy atom. The Morgan fingerprint density at radius 1 is 1.25 bits per heavy atom. The van der Waals surface area contributed by atoms with Crippen LogP contribution in [0.5, 0.6) is 0 Å². The molecule has 0 spiro atoms. The highest BCUT2D eigenvalue weighted by atomic mass is 14.9. The summed E-state index contributed by atoms with van der Waals surface area (Å²) in [5.41, 5.74) is 8.92. The molecule has 2 N–H and O–H groups in total. The summed E-state index contributed by atoms with van der Waals surface area (Å²) in [4.78, 5) is 8.63. The smallest absolute Gasteiger partial charge is 0.132 e. The standard InChI is InChI=1S/C13H15N3/c1-10-3-2-4-11(7-10)8-13-15-6-5-12(9-14)16-13/h2-7H,8-9,14H2,1H3. The van der Waals surface area contributed by atoms with Gasteiger partial charge in [-0.05, 0) is 18.6 Å². The molecule has 1 heterocycles. The summed E-state index contributed by atoms with van der Waals surface area (Å²) in [6, 6.07) is 10.2. The first-order valence-corrected chi connectivity index (χ1v) is 5.34. The van der Waals surface area contributed by atoms with E-state index >= 15 is 0 Å². The second-order valence-electron chi connectivity index (χ2n) is 3.83. The summed E-state index contributed by atoms with van der Waals surface area (Å²) in [6.07, 6.45) is 2.52. The molecule has 0 bridgehead atoms. The first kappa shape index (κ1) is 10.8. The number of benzene rings is 1.